The molecule has 180 valence electrons. The molecule has 0 radical (unpaired) electrons. The quantitative estimate of drug-likeness (QED) is 0.506. The van der Waals surface area contributed by atoms with Gasteiger partial charge in [0, 0.05) is 19.0 Å². The van der Waals surface area contributed by atoms with E-state index in [1.807, 2.05) is 31.2 Å². The molecule has 0 fully saturated rings. The lowest BCUT2D eigenvalue weighted by Gasteiger charge is -2.25. The van der Waals surface area contributed by atoms with Crippen LogP contribution in [0.2, 0.25) is 0 Å². The number of hydrogen-bond acceptors (Lipinski definition) is 4. The summed E-state index contributed by atoms with van der Waals surface area (Å²) in [5.74, 6) is 0.218. The Balaban J connectivity index is 1.58. The Morgan fingerprint density at radius 2 is 1.66 bits per heavy atom. The van der Waals surface area contributed by atoms with E-state index >= 15 is 0 Å². The van der Waals surface area contributed by atoms with Gasteiger partial charge in [0.05, 0.1) is 18.9 Å². The van der Waals surface area contributed by atoms with Gasteiger partial charge in [-0.3, -0.25) is 9.59 Å². The highest BCUT2D eigenvalue weighted by Crippen LogP contribution is 2.33. The van der Waals surface area contributed by atoms with Crippen LogP contribution in [0, 0.1) is 20.8 Å². The second-order valence-corrected chi connectivity index (χ2v) is 9.10. The van der Waals surface area contributed by atoms with E-state index in [-0.39, 0.29) is 24.4 Å². The van der Waals surface area contributed by atoms with Crippen LogP contribution in [0.3, 0.4) is 0 Å². The maximum absolute atomic E-state index is 13.4. The third-order valence-electron chi connectivity index (χ3n) is 6.52. The van der Waals surface area contributed by atoms with E-state index in [0.717, 1.165) is 22.4 Å². The second kappa shape index (κ2) is 10.1. The van der Waals surface area contributed by atoms with Crippen molar-refractivity contribution in [2.45, 2.75) is 33.2 Å². The number of likely N-dealkylation sites (N-methyl/N-ethyl adjacent to an activating group) is 1. The van der Waals surface area contributed by atoms with E-state index in [4.69, 9.17) is 9.84 Å². The number of hydrazone groups is 1. The lowest BCUT2D eigenvalue weighted by molar-refractivity contribution is -0.133. The molecule has 1 atom stereocenters. The van der Waals surface area contributed by atoms with Crippen LogP contribution in [0.25, 0.3) is 0 Å². The fourth-order valence-corrected chi connectivity index (χ4v) is 4.19. The monoisotopic (exact) mass is 469 g/mol. The highest BCUT2D eigenvalue weighted by molar-refractivity contribution is 6.04. The largest absolute Gasteiger partial charge is 0.497 e. The lowest BCUT2D eigenvalue weighted by Crippen LogP contribution is -2.39. The van der Waals surface area contributed by atoms with Crippen LogP contribution in [0.15, 0.2) is 71.8 Å². The summed E-state index contributed by atoms with van der Waals surface area (Å²) in [5.41, 5.74) is 6.97. The van der Waals surface area contributed by atoms with Crippen LogP contribution >= 0.6 is 0 Å². The Hall–Kier alpha value is -3.93. The third-order valence-corrected chi connectivity index (χ3v) is 6.52. The fraction of sp³-hybridized carbons (Fsp3) is 0.276. The molecular weight excluding hydrogens is 438 g/mol. The van der Waals surface area contributed by atoms with E-state index in [0.29, 0.717) is 17.7 Å². The Morgan fingerprint density at radius 3 is 2.29 bits per heavy atom. The Labute approximate surface area is 206 Å². The molecule has 3 aromatic rings. The molecular formula is C29H31N3O3. The maximum atomic E-state index is 13.4. The first-order chi connectivity index (χ1) is 16.8. The van der Waals surface area contributed by atoms with Crippen LogP contribution in [0.5, 0.6) is 5.75 Å². The normalized spacial score (nSPS) is 15.1. The van der Waals surface area contributed by atoms with Gasteiger partial charge in [-0.15, -0.1) is 0 Å². The molecule has 2 amide bonds. The summed E-state index contributed by atoms with van der Waals surface area (Å²) in [6, 6.07) is 21.1. The van der Waals surface area contributed by atoms with Gasteiger partial charge in [0.2, 0.25) is 0 Å². The van der Waals surface area contributed by atoms with Crippen molar-refractivity contribution in [1.82, 2.24) is 9.91 Å². The number of carbonyl (C=O) groups is 2. The molecule has 0 N–H and O–H groups in total. The van der Waals surface area contributed by atoms with E-state index in [1.54, 1.807) is 43.4 Å². The SMILES string of the molecule is COc1ccc(C(=O)N(C)CC(=O)N2N=C(c3ccc(C)c(C)c3)CC2c2ccc(C)cc2)cc1. The molecule has 1 aliphatic rings. The Bertz CT molecular complexity index is 1260. The van der Waals surface area contributed by atoms with Gasteiger partial charge in [0.15, 0.2) is 0 Å². The third kappa shape index (κ3) is 5.27. The highest BCUT2D eigenvalue weighted by Gasteiger charge is 2.34. The van der Waals surface area contributed by atoms with Gasteiger partial charge in [-0.2, -0.15) is 5.10 Å². The molecule has 1 aliphatic heterocycles. The molecule has 1 unspecified atom stereocenters. The molecule has 0 aromatic heterocycles. The minimum absolute atomic E-state index is 0.0725. The van der Waals surface area contributed by atoms with Crippen LogP contribution in [-0.4, -0.2) is 48.1 Å². The average Bonchev–Trinajstić information content (AvgIpc) is 3.31. The summed E-state index contributed by atoms with van der Waals surface area (Å²) in [6.07, 6.45) is 0.618. The zero-order chi connectivity index (χ0) is 25.1. The predicted molar refractivity (Wildman–Crippen MR) is 138 cm³/mol. The van der Waals surface area contributed by atoms with Crippen molar-refractivity contribution in [3.8, 4) is 5.75 Å². The van der Waals surface area contributed by atoms with Gasteiger partial charge in [0.25, 0.3) is 11.8 Å². The summed E-state index contributed by atoms with van der Waals surface area (Å²) >= 11 is 0. The summed E-state index contributed by atoms with van der Waals surface area (Å²) in [5, 5.41) is 6.31. The van der Waals surface area contributed by atoms with Crippen molar-refractivity contribution in [3.05, 3.63) is 100 Å². The first-order valence-electron chi connectivity index (χ1n) is 11.7. The molecule has 1 heterocycles. The van der Waals surface area contributed by atoms with Crippen molar-refractivity contribution in [2.24, 2.45) is 5.10 Å². The van der Waals surface area contributed by atoms with Crippen LogP contribution in [-0.2, 0) is 4.79 Å². The molecule has 0 saturated heterocycles. The van der Waals surface area contributed by atoms with Crippen LogP contribution in [0.1, 0.15) is 50.6 Å². The average molecular weight is 470 g/mol. The molecule has 35 heavy (non-hydrogen) atoms. The van der Waals surface area contributed by atoms with Crippen LogP contribution in [0.4, 0.5) is 0 Å². The second-order valence-electron chi connectivity index (χ2n) is 9.10. The van der Waals surface area contributed by atoms with E-state index in [9.17, 15) is 9.59 Å². The molecule has 3 aromatic carbocycles. The number of carbonyl (C=O) groups excluding carboxylic acids is 2. The van der Waals surface area contributed by atoms with Crippen molar-refractivity contribution >= 4 is 17.5 Å². The molecule has 0 spiro atoms. The number of aryl methyl sites for hydroxylation is 3. The highest BCUT2D eigenvalue weighted by atomic mass is 16.5. The fourth-order valence-electron chi connectivity index (χ4n) is 4.19. The van der Waals surface area contributed by atoms with Crippen molar-refractivity contribution < 1.29 is 14.3 Å². The molecule has 0 bridgehead atoms. The minimum atomic E-state index is -0.231. The minimum Gasteiger partial charge on any atom is -0.497 e. The summed E-state index contributed by atoms with van der Waals surface area (Å²) in [6.45, 7) is 6.12. The number of benzene rings is 3. The Kier molecular flexibility index (Phi) is 7.01. The van der Waals surface area contributed by atoms with Gasteiger partial charge in [0.1, 0.15) is 12.3 Å². The van der Waals surface area contributed by atoms with Gasteiger partial charge in [-0.05, 0) is 73.4 Å². The van der Waals surface area contributed by atoms with Crippen molar-refractivity contribution in [1.29, 1.82) is 0 Å². The molecule has 4 rings (SSSR count). The molecule has 0 aliphatic carbocycles. The number of amides is 2. The van der Waals surface area contributed by atoms with E-state index < -0.39 is 0 Å². The zero-order valence-electron chi connectivity index (χ0n) is 20.9. The topological polar surface area (TPSA) is 62.2 Å². The summed E-state index contributed by atoms with van der Waals surface area (Å²) in [4.78, 5) is 27.8. The van der Waals surface area contributed by atoms with Crippen LogP contribution < -0.4 is 4.74 Å². The molecule has 6 heteroatoms. The maximum Gasteiger partial charge on any atom is 0.262 e. The van der Waals surface area contributed by atoms with Gasteiger partial charge in [-0.1, -0.05) is 42.0 Å². The summed E-state index contributed by atoms with van der Waals surface area (Å²) < 4.78 is 5.16. The van der Waals surface area contributed by atoms with Crippen molar-refractivity contribution in [2.75, 3.05) is 20.7 Å². The van der Waals surface area contributed by atoms with Crippen molar-refractivity contribution in [3.63, 3.8) is 0 Å². The molecule has 6 nitrogen and oxygen atoms in total. The first-order valence-corrected chi connectivity index (χ1v) is 11.7. The number of rotatable bonds is 6. The van der Waals surface area contributed by atoms with Gasteiger partial charge < -0.3 is 9.64 Å². The predicted octanol–water partition coefficient (Wildman–Crippen LogP) is 5.07. The smallest absolute Gasteiger partial charge is 0.262 e. The molecule has 0 saturated carbocycles. The van der Waals surface area contributed by atoms with E-state index in [1.165, 1.54) is 16.0 Å². The number of hydrogen-bond donors (Lipinski definition) is 0. The van der Waals surface area contributed by atoms with Gasteiger partial charge in [-0.25, -0.2) is 5.01 Å². The summed E-state index contributed by atoms with van der Waals surface area (Å²) in [7, 11) is 3.21. The standard InChI is InChI=1S/C29H31N3O3/c1-19-6-9-22(10-7-19)27-17-26(24-11-8-20(2)21(3)16-24)30-32(27)28(33)18-31(4)29(34)23-12-14-25(35-5)15-13-23/h6-16,27H,17-18H2,1-5H3. The van der Waals surface area contributed by atoms with Gasteiger partial charge >= 0.3 is 0 Å². The number of nitrogens with zero attached hydrogens (tertiary/aromatic N) is 3. The zero-order valence-corrected chi connectivity index (χ0v) is 20.9. The lowest BCUT2D eigenvalue weighted by atomic mass is 9.96. The number of methoxy groups -OCH3 is 1. The first kappa shape index (κ1) is 24.2. The number of ether oxygens (including phenoxy) is 1. The Morgan fingerprint density at radius 1 is 0.971 bits per heavy atom. The van der Waals surface area contributed by atoms with E-state index in [2.05, 4.69) is 32.0 Å².